The van der Waals surface area contributed by atoms with E-state index in [-0.39, 0.29) is 11.7 Å². The minimum absolute atomic E-state index is 0.125. The number of carbonyl (C=O) groups excluding carboxylic acids is 1. The molecule has 8 heteroatoms. The number of benzene rings is 1. The molecule has 1 aromatic carbocycles. The second-order valence-electron chi connectivity index (χ2n) is 5.98. The van der Waals surface area contributed by atoms with Crippen molar-refractivity contribution in [3.05, 3.63) is 58.0 Å². The van der Waals surface area contributed by atoms with Gasteiger partial charge in [0.2, 0.25) is 0 Å². The van der Waals surface area contributed by atoms with E-state index >= 15 is 0 Å². The van der Waals surface area contributed by atoms with E-state index in [1.807, 2.05) is 11.4 Å². The summed E-state index contributed by atoms with van der Waals surface area (Å²) >= 11 is 3.35. The van der Waals surface area contributed by atoms with Crippen LogP contribution in [0.25, 0.3) is 0 Å². The first-order valence-corrected chi connectivity index (χ1v) is 10.2. The SMILES string of the molecule is O=C(c1cccc(F)c1)N1CCN(C2=NN=C(c3cccs3)CS2)CC1. The third kappa shape index (κ3) is 3.66. The lowest BCUT2D eigenvalue weighted by molar-refractivity contribution is 0.0693. The largest absolute Gasteiger partial charge is 0.346 e. The number of rotatable bonds is 2. The van der Waals surface area contributed by atoms with Crippen LogP contribution in [0.3, 0.4) is 0 Å². The first-order chi connectivity index (χ1) is 12.7. The smallest absolute Gasteiger partial charge is 0.254 e. The molecule has 0 bridgehead atoms. The highest BCUT2D eigenvalue weighted by atomic mass is 32.2. The summed E-state index contributed by atoms with van der Waals surface area (Å²) in [6.07, 6.45) is 0. The van der Waals surface area contributed by atoms with E-state index in [9.17, 15) is 9.18 Å². The summed E-state index contributed by atoms with van der Waals surface area (Å²) in [5, 5.41) is 11.7. The van der Waals surface area contributed by atoms with Crippen LogP contribution in [0.2, 0.25) is 0 Å². The fourth-order valence-corrected chi connectivity index (χ4v) is 4.66. The van der Waals surface area contributed by atoms with E-state index in [2.05, 4.69) is 21.2 Å². The van der Waals surface area contributed by atoms with Gasteiger partial charge in [0.15, 0.2) is 5.17 Å². The van der Waals surface area contributed by atoms with Crippen LogP contribution in [0.15, 0.2) is 52.0 Å². The van der Waals surface area contributed by atoms with Crippen molar-refractivity contribution in [3.63, 3.8) is 0 Å². The maximum Gasteiger partial charge on any atom is 0.254 e. The maximum atomic E-state index is 13.3. The van der Waals surface area contributed by atoms with Gasteiger partial charge in [-0.3, -0.25) is 4.79 Å². The Morgan fingerprint density at radius 3 is 2.58 bits per heavy atom. The molecule has 1 aromatic heterocycles. The Bertz CT molecular complexity index is 858. The Balaban J connectivity index is 1.37. The molecule has 0 aliphatic carbocycles. The minimum Gasteiger partial charge on any atom is -0.346 e. The number of hydrogen-bond acceptors (Lipinski definition) is 6. The molecule has 5 nitrogen and oxygen atoms in total. The second-order valence-corrected chi connectivity index (χ2v) is 7.88. The van der Waals surface area contributed by atoms with E-state index in [4.69, 9.17) is 0 Å². The van der Waals surface area contributed by atoms with E-state index in [1.165, 1.54) is 12.1 Å². The van der Waals surface area contributed by atoms with Crippen LogP contribution in [-0.4, -0.2) is 58.5 Å². The molecule has 1 saturated heterocycles. The van der Waals surface area contributed by atoms with Gasteiger partial charge in [-0.25, -0.2) is 4.39 Å². The van der Waals surface area contributed by atoms with Gasteiger partial charge in [0, 0.05) is 37.5 Å². The van der Waals surface area contributed by atoms with Crippen LogP contribution in [0, 0.1) is 5.82 Å². The van der Waals surface area contributed by atoms with Gasteiger partial charge in [0.05, 0.1) is 10.6 Å². The van der Waals surface area contributed by atoms with Crippen LogP contribution in [0.1, 0.15) is 15.2 Å². The Labute approximate surface area is 159 Å². The number of carbonyl (C=O) groups is 1. The molecule has 0 radical (unpaired) electrons. The van der Waals surface area contributed by atoms with E-state index in [1.54, 1.807) is 40.1 Å². The van der Waals surface area contributed by atoms with Gasteiger partial charge in [-0.1, -0.05) is 23.9 Å². The maximum absolute atomic E-state index is 13.3. The summed E-state index contributed by atoms with van der Waals surface area (Å²) in [6, 6.07) is 9.92. The highest BCUT2D eigenvalue weighted by Gasteiger charge is 2.26. The predicted molar refractivity (Wildman–Crippen MR) is 105 cm³/mol. The van der Waals surface area contributed by atoms with Crippen molar-refractivity contribution in [2.75, 3.05) is 31.9 Å². The Kier molecular flexibility index (Phi) is 5.03. The zero-order chi connectivity index (χ0) is 17.9. The molecule has 0 spiro atoms. The van der Waals surface area contributed by atoms with Gasteiger partial charge in [-0.2, -0.15) is 5.10 Å². The molecular weight excluding hydrogens is 371 g/mol. The lowest BCUT2D eigenvalue weighted by Crippen LogP contribution is -2.50. The van der Waals surface area contributed by atoms with Crippen molar-refractivity contribution in [3.8, 4) is 0 Å². The first kappa shape index (κ1) is 17.2. The number of piperazine rings is 1. The number of hydrogen-bond donors (Lipinski definition) is 0. The fourth-order valence-electron chi connectivity index (χ4n) is 2.92. The average molecular weight is 388 g/mol. The molecule has 0 N–H and O–H groups in total. The van der Waals surface area contributed by atoms with Gasteiger partial charge in [0.25, 0.3) is 5.91 Å². The van der Waals surface area contributed by atoms with E-state index in [0.29, 0.717) is 31.7 Å². The molecule has 0 saturated carbocycles. The van der Waals surface area contributed by atoms with Crippen LogP contribution >= 0.6 is 23.1 Å². The van der Waals surface area contributed by atoms with Crippen molar-refractivity contribution >= 4 is 39.9 Å². The third-order valence-electron chi connectivity index (χ3n) is 4.31. The van der Waals surface area contributed by atoms with Gasteiger partial charge >= 0.3 is 0 Å². The zero-order valence-corrected chi connectivity index (χ0v) is 15.6. The number of thiophene rings is 1. The summed E-state index contributed by atoms with van der Waals surface area (Å²) < 4.78 is 13.3. The lowest BCUT2D eigenvalue weighted by atomic mass is 10.2. The Morgan fingerprint density at radius 2 is 1.92 bits per heavy atom. The van der Waals surface area contributed by atoms with Crippen molar-refractivity contribution in [2.45, 2.75) is 0 Å². The average Bonchev–Trinajstić information content (AvgIpc) is 3.23. The second kappa shape index (κ2) is 7.59. The van der Waals surface area contributed by atoms with Crippen LogP contribution in [-0.2, 0) is 0 Å². The van der Waals surface area contributed by atoms with E-state index < -0.39 is 0 Å². The van der Waals surface area contributed by atoms with Crippen LogP contribution in [0.5, 0.6) is 0 Å². The molecule has 2 aliphatic heterocycles. The lowest BCUT2D eigenvalue weighted by Gasteiger charge is -2.36. The monoisotopic (exact) mass is 388 g/mol. The molecule has 3 heterocycles. The van der Waals surface area contributed by atoms with E-state index in [0.717, 1.165) is 21.5 Å². The van der Waals surface area contributed by atoms with Crippen molar-refractivity contribution in [1.29, 1.82) is 0 Å². The number of nitrogens with zero attached hydrogens (tertiary/aromatic N) is 4. The number of halogens is 1. The molecule has 2 aromatic rings. The number of thioether (sulfide) groups is 1. The molecule has 1 amide bonds. The Hall–Kier alpha value is -2.19. The number of amides is 1. The van der Waals surface area contributed by atoms with Crippen LogP contribution < -0.4 is 0 Å². The van der Waals surface area contributed by atoms with Crippen LogP contribution in [0.4, 0.5) is 4.39 Å². The minimum atomic E-state index is -0.387. The van der Waals surface area contributed by atoms with Crippen molar-refractivity contribution < 1.29 is 9.18 Å². The molecule has 1 fully saturated rings. The van der Waals surface area contributed by atoms with Gasteiger partial charge < -0.3 is 9.80 Å². The number of amidine groups is 1. The molecule has 0 atom stereocenters. The highest BCUT2D eigenvalue weighted by molar-refractivity contribution is 8.14. The quantitative estimate of drug-likeness (QED) is 0.794. The molecule has 2 aliphatic rings. The first-order valence-electron chi connectivity index (χ1n) is 8.32. The normalized spacial score (nSPS) is 17.7. The fraction of sp³-hybridized carbons (Fsp3) is 0.278. The third-order valence-corrected chi connectivity index (χ3v) is 6.24. The summed E-state index contributed by atoms with van der Waals surface area (Å²) in [4.78, 5) is 17.6. The Morgan fingerprint density at radius 1 is 1.08 bits per heavy atom. The predicted octanol–water partition coefficient (Wildman–Crippen LogP) is 3.15. The summed E-state index contributed by atoms with van der Waals surface area (Å²) in [6.45, 7) is 2.60. The molecule has 4 rings (SSSR count). The zero-order valence-electron chi connectivity index (χ0n) is 14.0. The van der Waals surface area contributed by atoms with Gasteiger partial charge in [0.1, 0.15) is 5.82 Å². The van der Waals surface area contributed by atoms with Gasteiger partial charge in [-0.15, -0.1) is 16.4 Å². The van der Waals surface area contributed by atoms with Gasteiger partial charge in [-0.05, 0) is 29.6 Å². The summed E-state index contributed by atoms with van der Waals surface area (Å²) in [7, 11) is 0. The molecule has 26 heavy (non-hydrogen) atoms. The topological polar surface area (TPSA) is 48.3 Å². The molecule has 0 unspecified atom stereocenters. The highest BCUT2D eigenvalue weighted by Crippen LogP contribution is 2.22. The molecule has 134 valence electrons. The van der Waals surface area contributed by atoms with Crippen molar-refractivity contribution in [2.24, 2.45) is 10.2 Å². The molecular formula is C18H17FN4OS2. The summed E-state index contributed by atoms with van der Waals surface area (Å²) in [5.41, 5.74) is 1.40. The standard InChI is InChI=1S/C18H17FN4OS2/c19-14-4-1-3-13(11-14)17(24)22-6-8-23(9-7-22)18-21-20-15(12-26-18)16-5-2-10-25-16/h1-5,10-11H,6-9,12H2. The van der Waals surface area contributed by atoms with Crippen molar-refractivity contribution in [1.82, 2.24) is 9.80 Å². The summed E-state index contributed by atoms with van der Waals surface area (Å²) in [5.74, 6) is 0.296.